The van der Waals surface area contributed by atoms with Crippen LogP contribution < -0.4 is 10.6 Å². The number of aromatic nitrogens is 1. The Morgan fingerprint density at radius 3 is 2.51 bits per heavy atom. The summed E-state index contributed by atoms with van der Waals surface area (Å²) < 4.78 is 13.1. The Balaban J connectivity index is 1.27. The Morgan fingerprint density at radius 1 is 1.15 bits per heavy atom. The molecule has 1 aromatic heterocycles. The molecule has 2 amide bonds. The van der Waals surface area contributed by atoms with Crippen molar-refractivity contribution in [3.8, 4) is 10.6 Å². The lowest BCUT2D eigenvalue weighted by atomic mass is 9.43. The molecule has 1 aliphatic heterocycles. The van der Waals surface area contributed by atoms with E-state index in [9.17, 15) is 14.7 Å². The third kappa shape index (κ3) is 5.28. The van der Waals surface area contributed by atoms with Crippen LogP contribution in [-0.4, -0.2) is 58.8 Å². The quantitative estimate of drug-likeness (QED) is 0.404. The van der Waals surface area contributed by atoms with Gasteiger partial charge >= 0.3 is 7.12 Å². The maximum atomic E-state index is 13.5. The van der Waals surface area contributed by atoms with E-state index in [4.69, 9.17) is 9.31 Å². The first-order valence-corrected chi connectivity index (χ1v) is 14.9. The fourth-order valence-electron chi connectivity index (χ4n) is 6.80. The lowest BCUT2D eigenvalue weighted by Gasteiger charge is -2.64. The molecule has 0 unspecified atom stereocenters. The highest BCUT2D eigenvalue weighted by Gasteiger charge is 2.68. The van der Waals surface area contributed by atoms with Gasteiger partial charge in [-0.3, -0.25) is 9.59 Å². The third-order valence-corrected chi connectivity index (χ3v) is 10.1. The van der Waals surface area contributed by atoms with Crippen LogP contribution in [0.25, 0.3) is 10.6 Å². The molecule has 2 aromatic rings. The zero-order valence-electron chi connectivity index (χ0n) is 23.6. The van der Waals surface area contributed by atoms with E-state index in [1.54, 1.807) is 5.38 Å². The predicted octanol–water partition coefficient (Wildman–Crippen LogP) is 4.09. The van der Waals surface area contributed by atoms with Crippen LogP contribution in [0.5, 0.6) is 0 Å². The largest absolute Gasteiger partial charge is 0.481 e. The molecule has 39 heavy (non-hydrogen) atoms. The van der Waals surface area contributed by atoms with Crippen LogP contribution >= 0.6 is 11.3 Å². The number of nitrogens with zero attached hydrogens (tertiary/aromatic N) is 1. The number of carbonyl (C=O) groups is 2. The minimum Gasteiger partial charge on any atom is -0.404 e. The molecular formula is C29H40BN3O5S. The lowest BCUT2D eigenvalue weighted by molar-refractivity contribution is -0.199. The lowest BCUT2D eigenvalue weighted by Crippen LogP contribution is -2.65. The SMILES string of the molecule is CC(C)C[C@H](NC(=O)[C@@H](NC(=O)c1csc(-c2ccccc2)n1)[C@@H](C)O)B1O[C@@H]2C[C@@H]3C[C@@H](C3(C)C)[C@]2(C)O1. The fourth-order valence-corrected chi connectivity index (χ4v) is 7.61. The number of thiazole rings is 1. The summed E-state index contributed by atoms with van der Waals surface area (Å²) in [6.45, 7) is 12.5. The predicted molar refractivity (Wildman–Crippen MR) is 152 cm³/mol. The minimum atomic E-state index is -1.15. The summed E-state index contributed by atoms with van der Waals surface area (Å²) in [7, 11) is -0.584. The van der Waals surface area contributed by atoms with Gasteiger partial charge < -0.3 is 25.0 Å². The summed E-state index contributed by atoms with van der Waals surface area (Å²) >= 11 is 1.35. The van der Waals surface area contributed by atoms with Crippen LogP contribution in [0.3, 0.4) is 0 Å². The first kappa shape index (κ1) is 28.3. The van der Waals surface area contributed by atoms with Gasteiger partial charge in [-0.25, -0.2) is 4.98 Å². The van der Waals surface area contributed by atoms with E-state index < -0.39 is 37.0 Å². The average Bonchev–Trinajstić information content (AvgIpc) is 3.51. The van der Waals surface area contributed by atoms with Crippen molar-refractivity contribution >= 4 is 30.3 Å². The van der Waals surface area contributed by atoms with Crippen LogP contribution in [0.4, 0.5) is 0 Å². The highest BCUT2D eigenvalue weighted by molar-refractivity contribution is 7.13. The van der Waals surface area contributed by atoms with Gasteiger partial charge in [0.05, 0.1) is 23.8 Å². The Kier molecular flexibility index (Phi) is 7.69. The minimum absolute atomic E-state index is 0.00146. The normalized spacial score (nSPS) is 29.2. The number of aliphatic hydroxyl groups is 1. The van der Waals surface area contributed by atoms with E-state index in [-0.39, 0.29) is 28.7 Å². The van der Waals surface area contributed by atoms with Gasteiger partial charge in [0.15, 0.2) is 0 Å². The standard InChI is InChI=1S/C29H40BN3O5S/c1-16(2)12-23(30-37-22-14-19-13-21(28(19,4)5)29(22,6)38-30)32-26(36)24(17(3)34)33-25(35)20-15-39-27(31-20)18-10-8-7-9-11-18/h7-11,15-17,19,21-24,34H,12-14H2,1-6H3,(H,32,36)(H,33,35)/t17-,19+,21+,22-,23+,24+,29+/m1/s1. The van der Waals surface area contributed by atoms with Gasteiger partial charge in [-0.1, -0.05) is 58.0 Å². The molecule has 0 spiro atoms. The maximum absolute atomic E-state index is 13.5. The number of benzene rings is 1. The van der Waals surface area contributed by atoms with Crippen molar-refractivity contribution in [3.63, 3.8) is 0 Å². The van der Waals surface area contributed by atoms with Gasteiger partial charge in [0.1, 0.15) is 16.7 Å². The molecule has 210 valence electrons. The number of hydrogen-bond donors (Lipinski definition) is 3. The van der Waals surface area contributed by atoms with Gasteiger partial charge in [-0.05, 0) is 56.3 Å². The first-order valence-electron chi connectivity index (χ1n) is 14.0. The highest BCUT2D eigenvalue weighted by Crippen LogP contribution is 2.65. The molecule has 0 radical (unpaired) electrons. The number of hydrogen-bond acceptors (Lipinski definition) is 7. The van der Waals surface area contributed by atoms with Crippen LogP contribution in [0.2, 0.25) is 0 Å². The Morgan fingerprint density at radius 2 is 1.87 bits per heavy atom. The zero-order valence-corrected chi connectivity index (χ0v) is 24.5. The van der Waals surface area contributed by atoms with Crippen LogP contribution in [-0.2, 0) is 14.1 Å². The zero-order chi connectivity index (χ0) is 28.1. The van der Waals surface area contributed by atoms with Crippen molar-refractivity contribution in [1.29, 1.82) is 0 Å². The average molecular weight is 554 g/mol. The molecule has 10 heteroatoms. The molecule has 1 aromatic carbocycles. The fraction of sp³-hybridized carbons (Fsp3) is 0.621. The molecule has 4 aliphatic rings. The molecule has 2 heterocycles. The second kappa shape index (κ2) is 10.6. The summed E-state index contributed by atoms with van der Waals surface area (Å²) in [6.07, 6.45) is 1.64. The van der Waals surface area contributed by atoms with Gasteiger partial charge in [-0.2, -0.15) is 0 Å². The summed E-state index contributed by atoms with van der Waals surface area (Å²) in [4.78, 5) is 31.0. The second-order valence-electron chi connectivity index (χ2n) is 12.7. The van der Waals surface area contributed by atoms with Crippen molar-refractivity contribution in [1.82, 2.24) is 15.6 Å². The molecule has 7 atom stereocenters. The van der Waals surface area contributed by atoms with Gasteiger partial charge in [0.2, 0.25) is 5.91 Å². The summed E-state index contributed by atoms with van der Waals surface area (Å²) in [5.74, 6) is -0.0823. The second-order valence-corrected chi connectivity index (χ2v) is 13.5. The smallest absolute Gasteiger partial charge is 0.404 e. The number of amides is 2. The highest BCUT2D eigenvalue weighted by atomic mass is 32.1. The maximum Gasteiger partial charge on any atom is 0.481 e. The summed E-state index contributed by atoms with van der Waals surface area (Å²) in [6, 6.07) is 8.44. The van der Waals surface area contributed by atoms with E-state index in [0.717, 1.165) is 18.4 Å². The van der Waals surface area contributed by atoms with Crippen molar-refractivity contribution in [2.75, 3.05) is 0 Å². The van der Waals surface area contributed by atoms with E-state index >= 15 is 0 Å². The van der Waals surface area contributed by atoms with Crippen LogP contribution in [0, 0.1) is 23.2 Å². The number of nitrogens with one attached hydrogen (secondary N) is 2. The Hall–Kier alpha value is -2.27. The number of carbonyl (C=O) groups excluding carboxylic acids is 2. The monoisotopic (exact) mass is 553 g/mol. The molecule has 3 saturated carbocycles. The molecule has 3 N–H and O–H groups in total. The van der Waals surface area contributed by atoms with E-state index in [2.05, 4.69) is 50.2 Å². The van der Waals surface area contributed by atoms with E-state index in [1.807, 2.05) is 30.3 Å². The topological polar surface area (TPSA) is 110 Å². The molecule has 4 fully saturated rings. The van der Waals surface area contributed by atoms with Gasteiger partial charge in [0, 0.05) is 10.9 Å². The van der Waals surface area contributed by atoms with Crippen molar-refractivity contribution in [3.05, 3.63) is 41.4 Å². The Labute approximate surface area is 235 Å². The van der Waals surface area contributed by atoms with Crippen molar-refractivity contribution in [2.24, 2.45) is 23.2 Å². The van der Waals surface area contributed by atoms with E-state index in [1.165, 1.54) is 18.3 Å². The van der Waals surface area contributed by atoms with Gasteiger partial charge in [0.25, 0.3) is 5.91 Å². The Bertz CT molecular complexity index is 1200. The van der Waals surface area contributed by atoms with Crippen molar-refractivity contribution < 1.29 is 24.0 Å². The van der Waals surface area contributed by atoms with Crippen molar-refractivity contribution in [2.45, 2.75) is 90.6 Å². The van der Waals surface area contributed by atoms with E-state index in [0.29, 0.717) is 23.3 Å². The molecular weight excluding hydrogens is 513 g/mol. The molecule has 1 saturated heterocycles. The number of rotatable bonds is 9. The molecule has 3 aliphatic carbocycles. The summed E-state index contributed by atoms with van der Waals surface area (Å²) in [5.41, 5.74) is 0.951. The van der Waals surface area contributed by atoms with Crippen LogP contribution in [0.15, 0.2) is 35.7 Å². The first-order chi connectivity index (χ1) is 18.4. The molecule has 8 nitrogen and oxygen atoms in total. The van der Waals surface area contributed by atoms with Gasteiger partial charge in [-0.15, -0.1) is 11.3 Å². The molecule has 6 rings (SSSR count). The molecule has 2 bridgehead atoms. The summed E-state index contributed by atoms with van der Waals surface area (Å²) in [5, 5.41) is 18.6. The van der Waals surface area contributed by atoms with Crippen LogP contribution in [0.1, 0.15) is 71.3 Å². The third-order valence-electron chi connectivity index (χ3n) is 9.16. The number of aliphatic hydroxyl groups excluding tert-OH is 1.